The number of benzene rings is 4. The molecule has 53 heavy (non-hydrogen) atoms. The molecule has 2 aromatic heterocycles. The smallest absolute Gasteiger partial charge is 0.265 e. The van der Waals surface area contributed by atoms with Crippen LogP contribution < -0.4 is 21.3 Å². The molecular weight excluding hydrogens is 707 g/mol. The predicted molar refractivity (Wildman–Crippen MR) is 216 cm³/mol. The number of hydrogen-bond acceptors (Lipinski definition) is 6. The highest BCUT2D eigenvalue weighted by Gasteiger charge is 2.25. The maximum Gasteiger partial charge on any atom is 0.265 e. The van der Waals surface area contributed by atoms with E-state index < -0.39 is 0 Å². The van der Waals surface area contributed by atoms with Crippen LogP contribution in [0.5, 0.6) is 0 Å². The van der Waals surface area contributed by atoms with Crippen LogP contribution in [0.25, 0.3) is 33.2 Å². The number of halogens is 2. The lowest BCUT2D eigenvalue weighted by Gasteiger charge is -2.29. The quantitative estimate of drug-likeness (QED) is 0.193. The van der Waals surface area contributed by atoms with Gasteiger partial charge in [0.2, 0.25) is 5.91 Å². The molecule has 0 bridgehead atoms. The normalized spacial score (nSPS) is 13.8. The number of carbonyl (C=O) groups excluding carboxylic acids is 1. The summed E-state index contributed by atoms with van der Waals surface area (Å²) in [5.41, 5.74) is 7.09. The first-order chi connectivity index (χ1) is 25.4. The van der Waals surface area contributed by atoms with Gasteiger partial charge in [-0.3, -0.25) is 23.5 Å². The molecule has 0 saturated carbocycles. The molecule has 0 unspecified atom stereocenters. The Morgan fingerprint density at radius 1 is 0.679 bits per heavy atom. The topological polar surface area (TPSA) is 102 Å². The third-order valence-electron chi connectivity index (χ3n) is 9.92. The highest BCUT2D eigenvalue weighted by molar-refractivity contribution is 6.30. The maximum atomic E-state index is 13.4. The van der Waals surface area contributed by atoms with Crippen molar-refractivity contribution in [2.45, 2.75) is 72.1 Å². The standard InChI is InChI=1S/C22H22ClN3O2.C20H20ClN3O/c1-13(2)21-24-20-17-5-4-12-25(14(3)27)19(17)11-10-18(20)22(28)26(21)16-8-6-15(23)7-9-16;1-12(2)19-23-18-15-4-3-11-22-17(15)10-9-16(18)20(25)24(19)14-7-5-13(21)6-8-14/h6-11,13H,4-5,12H2,1-3H3;5-10,12,22H,3-4,11H2,1-2H3. The van der Waals surface area contributed by atoms with Gasteiger partial charge in [-0.15, -0.1) is 0 Å². The van der Waals surface area contributed by atoms with Crippen molar-refractivity contribution >= 4 is 62.3 Å². The van der Waals surface area contributed by atoms with Crippen LogP contribution in [0.2, 0.25) is 10.0 Å². The number of aromatic nitrogens is 4. The van der Waals surface area contributed by atoms with Crippen LogP contribution in [0.4, 0.5) is 11.4 Å². The molecule has 6 aromatic rings. The molecule has 2 aliphatic rings. The van der Waals surface area contributed by atoms with Gasteiger partial charge in [-0.25, -0.2) is 9.97 Å². The minimum absolute atomic E-state index is 0.0129. The second-order valence-electron chi connectivity index (χ2n) is 14.2. The van der Waals surface area contributed by atoms with Gasteiger partial charge in [0.05, 0.1) is 33.2 Å². The number of anilines is 2. The fourth-order valence-corrected chi connectivity index (χ4v) is 7.61. The molecule has 2 aliphatic heterocycles. The van der Waals surface area contributed by atoms with Crippen molar-refractivity contribution in [3.8, 4) is 11.4 Å². The first-order valence-corrected chi connectivity index (χ1v) is 18.9. The number of hydrogen-bond donors (Lipinski definition) is 1. The number of nitrogens with zero attached hydrogens (tertiary/aromatic N) is 5. The van der Waals surface area contributed by atoms with Gasteiger partial charge >= 0.3 is 0 Å². The molecule has 0 radical (unpaired) electrons. The van der Waals surface area contributed by atoms with Crippen LogP contribution in [0.3, 0.4) is 0 Å². The average molecular weight is 750 g/mol. The number of aryl methyl sites for hydroxylation is 2. The van der Waals surface area contributed by atoms with E-state index in [4.69, 9.17) is 33.2 Å². The summed E-state index contributed by atoms with van der Waals surface area (Å²) in [5.74, 6) is 1.67. The second-order valence-corrected chi connectivity index (χ2v) is 15.1. The van der Waals surface area contributed by atoms with Gasteiger partial charge in [0.15, 0.2) is 0 Å². The van der Waals surface area contributed by atoms with Crippen LogP contribution >= 0.6 is 23.2 Å². The van der Waals surface area contributed by atoms with E-state index in [2.05, 4.69) is 19.2 Å². The van der Waals surface area contributed by atoms with Gasteiger partial charge < -0.3 is 10.2 Å². The zero-order chi connectivity index (χ0) is 37.6. The van der Waals surface area contributed by atoms with E-state index in [0.29, 0.717) is 38.7 Å². The van der Waals surface area contributed by atoms with E-state index in [1.165, 1.54) is 0 Å². The van der Waals surface area contributed by atoms with Crippen LogP contribution in [-0.2, 0) is 17.6 Å². The van der Waals surface area contributed by atoms with Crippen molar-refractivity contribution in [3.63, 3.8) is 0 Å². The lowest BCUT2D eigenvalue weighted by atomic mass is 9.98. The Morgan fingerprint density at radius 2 is 1.17 bits per heavy atom. The average Bonchev–Trinajstić information content (AvgIpc) is 3.15. The van der Waals surface area contributed by atoms with E-state index in [0.717, 1.165) is 77.4 Å². The van der Waals surface area contributed by atoms with E-state index >= 15 is 0 Å². The van der Waals surface area contributed by atoms with Crippen molar-refractivity contribution in [3.05, 3.63) is 126 Å². The first-order valence-electron chi connectivity index (χ1n) is 18.2. The fraction of sp³-hybridized carbons (Fsp3) is 0.310. The van der Waals surface area contributed by atoms with E-state index in [9.17, 15) is 14.4 Å². The molecule has 1 amide bonds. The summed E-state index contributed by atoms with van der Waals surface area (Å²) in [7, 11) is 0. The molecular formula is C42H42Cl2N6O3. The van der Waals surface area contributed by atoms with Crippen LogP contribution in [0.1, 0.15) is 82.1 Å². The molecule has 9 nitrogen and oxygen atoms in total. The number of amides is 1. The molecule has 0 fully saturated rings. The van der Waals surface area contributed by atoms with Crippen molar-refractivity contribution in [2.24, 2.45) is 0 Å². The Labute approximate surface area is 318 Å². The van der Waals surface area contributed by atoms with Gasteiger partial charge in [-0.1, -0.05) is 50.9 Å². The molecule has 0 spiro atoms. The van der Waals surface area contributed by atoms with Crippen molar-refractivity contribution < 1.29 is 4.79 Å². The van der Waals surface area contributed by atoms with Gasteiger partial charge in [-0.05, 0) is 98.5 Å². The van der Waals surface area contributed by atoms with Crippen LogP contribution in [0, 0.1) is 0 Å². The predicted octanol–water partition coefficient (Wildman–Crippen LogP) is 8.98. The number of carbonyl (C=O) groups is 1. The van der Waals surface area contributed by atoms with E-state index in [-0.39, 0.29) is 28.9 Å². The Kier molecular flexibility index (Phi) is 10.2. The highest BCUT2D eigenvalue weighted by atomic mass is 35.5. The third-order valence-corrected chi connectivity index (χ3v) is 10.4. The molecule has 4 aromatic carbocycles. The van der Waals surface area contributed by atoms with Gasteiger partial charge in [0.25, 0.3) is 11.1 Å². The number of fused-ring (bicyclic) bond motifs is 6. The highest BCUT2D eigenvalue weighted by Crippen LogP contribution is 2.33. The summed E-state index contributed by atoms with van der Waals surface area (Å²) in [6, 6.07) is 22.1. The number of nitrogens with one attached hydrogen (secondary N) is 1. The van der Waals surface area contributed by atoms with Crippen LogP contribution in [-0.4, -0.2) is 38.1 Å². The summed E-state index contributed by atoms with van der Waals surface area (Å²) in [6.45, 7) is 11.4. The molecule has 0 atom stereocenters. The maximum absolute atomic E-state index is 13.4. The zero-order valence-corrected chi connectivity index (χ0v) is 32.1. The lowest BCUT2D eigenvalue weighted by molar-refractivity contribution is -0.116. The SMILES string of the molecule is CC(=O)N1CCCc2c1ccc1c(=O)n(-c3ccc(Cl)cc3)c(C(C)C)nc21.CC(C)c1nc2c3c(ccc2c(=O)n1-c1ccc(Cl)cc1)NCCC3. The number of rotatable bonds is 4. The largest absolute Gasteiger partial charge is 0.385 e. The summed E-state index contributed by atoms with van der Waals surface area (Å²) in [6.07, 6.45) is 3.69. The Morgan fingerprint density at radius 3 is 1.68 bits per heavy atom. The minimum Gasteiger partial charge on any atom is -0.385 e. The molecule has 4 heterocycles. The van der Waals surface area contributed by atoms with E-state index in [1.54, 1.807) is 51.3 Å². The van der Waals surface area contributed by atoms with Gasteiger partial charge in [0.1, 0.15) is 11.6 Å². The fourth-order valence-electron chi connectivity index (χ4n) is 7.36. The van der Waals surface area contributed by atoms with Gasteiger partial charge in [0, 0.05) is 64.4 Å². The Balaban J connectivity index is 0.000000165. The summed E-state index contributed by atoms with van der Waals surface area (Å²) < 4.78 is 3.38. The molecule has 272 valence electrons. The summed E-state index contributed by atoms with van der Waals surface area (Å²) in [4.78, 5) is 50.4. The first kappa shape index (κ1) is 36.4. The molecule has 0 aliphatic carbocycles. The van der Waals surface area contributed by atoms with Crippen molar-refractivity contribution in [1.29, 1.82) is 0 Å². The van der Waals surface area contributed by atoms with Crippen LogP contribution in [0.15, 0.2) is 82.4 Å². The second kappa shape index (κ2) is 14.8. The Hall–Kier alpha value is -4.99. The molecule has 8 rings (SSSR count). The van der Waals surface area contributed by atoms with E-state index in [1.807, 2.05) is 56.3 Å². The zero-order valence-electron chi connectivity index (χ0n) is 30.5. The lowest BCUT2D eigenvalue weighted by Crippen LogP contribution is -2.34. The minimum atomic E-state index is -0.0984. The molecule has 0 saturated heterocycles. The third kappa shape index (κ3) is 6.84. The Bertz CT molecular complexity index is 2490. The summed E-state index contributed by atoms with van der Waals surface area (Å²) in [5, 5.41) is 5.92. The monoisotopic (exact) mass is 748 g/mol. The molecule has 1 N–H and O–H groups in total. The molecule has 11 heteroatoms. The van der Waals surface area contributed by atoms with Crippen molar-refractivity contribution in [2.75, 3.05) is 23.3 Å². The summed E-state index contributed by atoms with van der Waals surface area (Å²) >= 11 is 12.0. The van der Waals surface area contributed by atoms with Gasteiger partial charge in [-0.2, -0.15) is 0 Å². The van der Waals surface area contributed by atoms with Crippen molar-refractivity contribution in [1.82, 2.24) is 19.1 Å².